The van der Waals surface area contributed by atoms with Crippen molar-refractivity contribution in [2.75, 3.05) is 13.1 Å². The molecule has 1 atom stereocenters. The van der Waals surface area contributed by atoms with Gasteiger partial charge >= 0.3 is 0 Å². The summed E-state index contributed by atoms with van der Waals surface area (Å²) in [5, 5.41) is 8.17. The summed E-state index contributed by atoms with van der Waals surface area (Å²) in [5.41, 5.74) is 4.12. The Morgan fingerprint density at radius 2 is 2.03 bits per heavy atom. The minimum absolute atomic E-state index is 0.0895. The zero-order valence-corrected chi connectivity index (χ0v) is 17.0. The molecule has 0 saturated carbocycles. The number of nitrogens with one attached hydrogen (secondary N) is 1. The smallest absolute Gasteiger partial charge is 0.255 e. The highest BCUT2D eigenvalue weighted by Gasteiger charge is 2.33. The minimum atomic E-state index is -0.442. The Morgan fingerprint density at radius 3 is 2.76 bits per heavy atom. The highest BCUT2D eigenvalue weighted by Crippen LogP contribution is 2.23. The lowest BCUT2D eigenvalue weighted by molar-refractivity contribution is -0.127. The van der Waals surface area contributed by atoms with E-state index >= 15 is 0 Å². The predicted molar refractivity (Wildman–Crippen MR) is 111 cm³/mol. The Balaban J connectivity index is 1.77. The molecule has 7 heteroatoms. The zero-order valence-electron chi connectivity index (χ0n) is 17.0. The van der Waals surface area contributed by atoms with Gasteiger partial charge in [-0.25, -0.2) is 0 Å². The fourth-order valence-electron chi connectivity index (χ4n) is 3.99. The number of hydrogen-bond acceptors (Lipinski definition) is 4. The van der Waals surface area contributed by atoms with Crippen LogP contribution in [-0.2, 0) is 11.3 Å². The van der Waals surface area contributed by atoms with E-state index in [2.05, 4.69) is 10.4 Å². The van der Waals surface area contributed by atoms with Gasteiger partial charge in [0, 0.05) is 24.2 Å². The number of aryl methyl sites for hydroxylation is 2. The van der Waals surface area contributed by atoms with Crippen molar-refractivity contribution in [1.29, 1.82) is 0 Å². The molecule has 1 aromatic carbocycles. The van der Waals surface area contributed by atoms with Crippen LogP contribution in [0.4, 0.5) is 0 Å². The van der Waals surface area contributed by atoms with Gasteiger partial charge in [-0.3, -0.25) is 19.3 Å². The van der Waals surface area contributed by atoms with Gasteiger partial charge in [0.25, 0.3) is 5.91 Å². The van der Waals surface area contributed by atoms with Crippen LogP contribution in [0.25, 0.3) is 10.9 Å². The van der Waals surface area contributed by atoms with Crippen molar-refractivity contribution >= 4 is 22.7 Å². The van der Waals surface area contributed by atoms with Crippen molar-refractivity contribution in [2.24, 2.45) is 0 Å². The van der Waals surface area contributed by atoms with Crippen molar-refractivity contribution in [3.8, 4) is 0 Å². The molecule has 29 heavy (non-hydrogen) atoms. The van der Waals surface area contributed by atoms with Crippen LogP contribution in [0, 0.1) is 13.8 Å². The van der Waals surface area contributed by atoms with Crippen LogP contribution in [0.15, 0.2) is 36.4 Å². The molecular formula is C22H25N5O2. The summed E-state index contributed by atoms with van der Waals surface area (Å²) in [6, 6.07) is 11.1. The predicted octanol–water partition coefficient (Wildman–Crippen LogP) is 2.45. The van der Waals surface area contributed by atoms with Crippen LogP contribution in [0.5, 0.6) is 0 Å². The lowest BCUT2D eigenvalue weighted by atomic mass is 10.0. The number of rotatable bonds is 4. The van der Waals surface area contributed by atoms with Gasteiger partial charge in [0.1, 0.15) is 6.04 Å². The van der Waals surface area contributed by atoms with Crippen molar-refractivity contribution in [3.05, 3.63) is 59.0 Å². The molecule has 1 aliphatic rings. The summed E-state index contributed by atoms with van der Waals surface area (Å²) >= 11 is 0. The van der Waals surface area contributed by atoms with Crippen LogP contribution in [-0.4, -0.2) is 50.6 Å². The van der Waals surface area contributed by atoms with E-state index in [1.165, 1.54) is 0 Å². The van der Waals surface area contributed by atoms with Gasteiger partial charge < -0.3 is 10.2 Å². The Hall–Kier alpha value is -3.22. The standard InChI is InChI=1S/C22H25N5O2/c1-4-20-21(28)23-9-10-26(20)22(29)18-12-16(13-27-15(3)11-14(2)25-27)24-19-8-6-5-7-17(18)19/h5-8,11-12,20H,4,9-10,13H2,1-3H3,(H,23,28). The van der Waals surface area contributed by atoms with Gasteiger partial charge in [0.05, 0.1) is 29.0 Å². The topological polar surface area (TPSA) is 80.1 Å². The Morgan fingerprint density at radius 1 is 1.24 bits per heavy atom. The number of amides is 2. The number of benzene rings is 1. The second-order valence-electron chi connectivity index (χ2n) is 7.48. The van der Waals surface area contributed by atoms with Gasteiger partial charge in [0.2, 0.25) is 5.91 Å². The van der Waals surface area contributed by atoms with Crippen LogP contribution in [0.2, 0.25) is 0 Å². The summed E-state index contributed by atoms with van der Waals surface area (Å²) in [5.74, 6) is -0.215. The maximum atomic E-state index is 13.5. The largest absolute Gasteiger partial charge is 0.353 e. The first-order chi connectivity index (χ1) is 14.0. The van der Waals surface area contributed by atoms with Crippen molar-refractivity contribution in [1.82, 2.24) is 25.0 Å². The van der Waals surface area contributed by atoms with Crippen LogP contribution in [0.3, 0.4) is 0 Å². The van der Waals surface area contributed by atoms with Gasteiger partial charge in [-0.05, 0) is 38.5 Å². The van der Waals surface area contributed by atoms with E-state index in [1.54, 1.807) is 4.90 Å². The van der Waals surface area contributed by atoms with Gasteiger partial charge in [0.15, 0.2) is 0 Å². The Kier molecular flexibility index (Phi) is 5.05. The van der Waals surface area contributed by atoms with E-state index in [4.69, 9.17) is 4.98 Å². The first-order valence-electron chi connectivity index (χ1n) is 9.96. The summed E-state index contributed by atoms with van der Waals surface area (Å²) in [4.78, 5) is 32.2. The van der Waals surface area contributed by atoms with E-state index in [0.717, 1.165) is 28.0 Å². The number of carbonyl (C=O) groups excluding carboxylic acids is 2. The summed E-state index contributed by atoms with van der Waals surface area (Å²) in [6.45, 7) is 7.36. The molecule has 0 aliphatic carbocycles. The highest BCUT2D eigenvalue weighted by atomic mass is 16.2. The molecular weight excluding hydrogens is 366 g/mol. The number of piperazine rings is 1. The van der Waals surface area contributed by atoms with E-state index < -0.39 is 6.04 Å². The fourth-order valence-corrected chi connectivity index (χ4v) is 3.99. The van der Waals surface area contributed by atoms with Crippen LogP contribution >= 0.6 is 0 Å². The highest BCUT2D eigenvalue weighted by molar-refractivity contribution is 6.07. The number of para-hydroxylation sites is 1. The van der Waals surface area contributed by atoms with E-state index in [9.17, 15) is 9.59 Å². The average molecular weight is 391 g/mol. The lowest BCUT2D eigenvalue weighted by Gasteiger charge is -2.34. The summed E-state index contributed by atoms with van der Waals surface area (Å²) in [7, 11) is 0. The van der Waals surface area contributed by atoms with E-state index in [-0.39, 0.29) is 11.8 Å². The van der Waals surface area contributed by atoms with Gasteiger partial charge in [-0.1, -0.05) is 25.1 Å². The third kappa shape index (κ3) is 3.60. The molecule has 2 amide bonds. The molecule has 1 N–H and O–H groups in total. The van der Waals surface area contributed by atoms with Gasteiger partial charge in [-0.15, -0.1) is 0 Å². The first-order valence-corrected chi connectivity index (χ1v) is 9.96. The molecule has 1 fully saturated rings. The summed E-state index contributed by atoms with van der Waals surface area (Å²) < 4.78 is 1.89. The number of pyridine rings is 1. The molecule has 1 unspecified atom stereocenters. The molecule has 150 valence electrons. The Bertz CT molecular complexity index is 1090. The van der Waals surface area contributed by atoms with Crippen molar-refractivity contribution in [3.63, 3.8) is 0 Å². The monoisotopic (exact) mass is 391 g/mol. The molecule has 3 aromatic rings. The number of fused-ring (bicyclic) bond motifs is 1. The first kappa shape index (κ1) is 19.1. The Labute approximate surface area is 169 Å². The molecule has 0 radical (unpaired) electrons. The third-order valence-electron chi connectivity index (χ3n) is 5.39. The SMILES string of the molecule is CCC1C(=O)NCCN1C(=O)c1cc(Cn2nc(C)cc2C)nc2ccccc12. The second-order valence-corrected chi connectivity index (χ2v) is 7.48. The van der Waals surface area contributed by atoms with Crippen LogP contribution < -0.4 is 5.32 Å². The molecule has 1 saturated heterocycles. The van der Waals surface area contributed by atoms with Crippen LogP contribution in [0.1, 0.15) is 40.8 Å². The summed E-state index contributed by atoms with van der Waals surface area (Å²) in [6.07, 6.45) is 0.583. The molecule has 1 aliphatic heterocycles. The number of carbonyl (C=O) groups is 2. The second kappa shape index (κ2) is 7.66. The van der Waals surface area contributed by atoms with E-state index in [0.29, 0.717) is 31.6 Å². The number of aromatic nitrogens is 3. The fraction of sp³-hybridized carbons (Fsp3) is 0.364. The molecule has 2 aromatic heterocycles. The van der Waals surface area contributed by atoms with Crippen molar-refractivity contribution in [2.45, 2.75) is 39.8 Å². The molecule has 4 rings (SSSR count). The quantitative estimate of drug-likeness (QED) is 0.741. The molecule has 0 bridgehead atoms. The zero-order chi connectivity index (χ0) is 20.5. The number of nitrogens with zero attached hydrogens (tertiary/aromatic N) is 4. The normalized spacial score (nSPS) is 16.9. The number of hydrogen-bond donors (Lipinski definition) is 1. The third-order valence-corrected chi connectivity index (χ3v) is 5.39. The molecule has 0 spiro atoms. The lowest BCUT2D eigenvalue weighted by Crippen LogP contribution is -2.56. The maximum absolute atomic E-state index is 13.5. The molecule has 3 heterocycles. The molecule has 7 nitrogen and oxygen atoms in total. The van der Waals surface area contributed by atoms with E-state index in [1.807, 2.05) is 61.9 Å². The minimum Gasteiger partial charge on any atom is -0.353 e. The van der Waals surface area contributed by atoms with Gasteiger partial charge in [-0.2, -0.15) is 5.10 Å². The van der Waals surface area contributed by atoms with Crippen molar-refractivity contribution < 1.29 is 9.59 Å². The maximum Gasteiger partial charge on any atom is 0.255 e. The average Bonchev–Trinajstić information content (AvgIpc) is 3.03.